The van der Waals surface area contributed by atoms with Crippen LogP contribution in [-0.4, -0.2) is 53.7 Å². The second-order valence-corrected chi connectivity index (χ2v) is 6.50. The zero-order valence-corrected chi connectivity index (χ0v) is 11.4. The van der Waals surface area contributed by atoms with E-state index in [0.717, 1.165) is 51.9 Å². The molecule has 0 amide bonds. The molecule has 0 aromatic rings. The summed E-state index contributed by atoms with van der Waals surface area (Å²) in [5, 5.41) is 10.1. The van der Waals surface area contributed by atoms with Crippen molar-refractivity contribution in [1.82, 2.24) is 4.90 Å². The molecule has 1 N–H and O–H groups in total. The maximum atomic E-state index is 10.1. The molecule has 18 heavy (non-hydrogen) atoms. The molecule has 0 aromatic carbocycles. The highest BCUT2D eigenvalue weighted by Crippen LogP contribution is 2.39. The summed E-state index contributed by atoms with van der Waals surface area (Å²) in [6, 6.07) is 0. The summed E-state index contributed by atoms with van der Waals surface area (Å²) < 4.78 is 12.0. The largest absolute Gasteiger partial charge is 0.389 e. The lowest BCUT2D eigenvalue weighted by atomic mass is 9.95. The highest BCUT2D eigenvalue weighted by Gasteiger charge is 2.44. The van der Waals surface area contributed by atoms with Gasteiger partial charge in [-0.3, -0.25) is 4.90 Å². The van der Waals surface area contributed by atoms with E-state index < -0.39 is 5.60 Å². The maximum absolute atomic E-state index is 10.1. The molecule has 3 aliphatic rings. The Kier molecular flexibility index (Phi) is 3.39. The predicted molar refractivity (Wildman–Crippen MR) is 68.3 cm³/mol. The van der Waals surface area contributed by atoms with Crippen molar-refractivity contribution in [2.45, 2.75) is 62.9 Å². The minimum atomic E-state index is -0.525. The Morgan fingerprint density at radius 3 is 2.72 bits per heavy atom. The number of aliphatic hydroxyl groups is 1. The van der Waals surface area contributed by atoms with Crippen LogP contribution < -0.4 is 0 Å². The molecular formula is C14H25NO3. The average Bonchev–Trinajstić information content (AvgIpc) is 2.89. The zero-order chi connectivity index (χ0) is 12.6. The van der Waals surface area contributed by atoms with Gasteiger partial charge in [-0.2, -0.15) is 0 Å². The number of hydrogen-bond acceptors (Lipinski definition) is 4. The van der Waals surface area contributed by atoms with E-state index in [2.05, 4.69) is 4.90 Å². The van der Waals surface area contributed by atoms with E-state index in [4.69, 9.17) is 9.47 Å². The molecule has 104 valence electrons. The molecule has 0 bridgehead atoms. The molecule has 1 aliphatic carbocycles. The van der Waals surface area contributed by atoms with E-state index in [0.29, 0.717) is 0 Å². The first-order chi connectivity index (χ1) is 8.57. The van der Waals surface area contributed by atoms with Crippen LogP contribution in [0.25, 0.3) is 0 Å². The van der Waals surface area contributed by atoms with Crippen molar-refractivity contribution in [1.29, 1.82) is 0 Å². The van der Waals surface area contributed by atoms with Gasteiger partial charge in [0.25, 0.3) is 0 Å². The fraction of sp³-hybridized carbons (Fsp3) is 1.00. The highest BCUT2D eigenvalue weighted by molar-refractivity contribution is 4.88. The Hall–Kier alpha value is -0.160. The van der Waals surface area contributed by atoms with Crippen molar-refractivity contribution < 1.29 is 14.6 Å². The molecule has 0 radical (unpaired) electrons. The van der Waals surface area contributed by atoms with Crippen molar-refractivity contribution in [3.63, 3.8) is 0 Å². The van der Waals surface area contributed by atoms with Gasteiger partial charge >= 0.3 is 0 Å². The van der Waals surface area contributed by atoms with Crippen molar-refractivity contribution >= 4 is 0 Å². The first-order valence-electron chi connectivity index (χ1n) is 7.34. The summed E-state index contributed by atoms with van der Waals surface area (Å²) in [6.45, 7) is 5.39. The first-order valence-corrected chi connectivity index (χ1v) is 7.34. The number of nitrogens with zero attached hydrogens (tertiary/aromatic N) is 1. The van der Waals surface area contributed by atoms with E-state index in [1.165, 1.54) is 12.8 Å². The first kappa shape index (κ1) is 12.9. The third kappa shape index (κ3) is 2.72. The van der Waals surface area contributed by atoms with E-state index in [1.807, 2.05) is 6.92 Å². The van der Waals surface area contributed by atoms with Gasteiger partial charge in [0.05, 0.1) is 18.3 Å². The highest BCUT2D eigenvalue weighted by atomic mass is 16.7. The fourth-order valence-electron chi connectivity index (χ4n) is 3.65. The lowest BCUT2D eigenvalue weighted by molar-refractivity contribution is -0.164. The van der Waals surface area contributed by atoms with Gasteiger partial charge in [0.15, 0.2) is 5.79 Å². The summed E-state index contributed by atoms with van der Waals surface area (Å²) in [4.78, 5) is 2.32. The lowest BCUT2D eigenvalue weighted by Crippen LogP contribution is -2.48. The molecule has 2 aliphatic heterocycles. The molecule has 2 heterocycles. The van der Waals surface area contributed by atoms with Crippen molar-refractivity contribution in [2.75, 3.05) is 26.2 Å². The van der Waals surface area contributed by atoms with Gasteiger partial charge in [-0.05, 0) is 39.2 Å². The van der Waals surface area contributed by atoms with E-state index in [-0.39, 0.29) is 11.9 Å². The molecule has 2 atom stereocenters. The van der Waals surface area contributed by atoms with Crippen LogP contribution in [0.5, 0.6) is 0 Å². The minimum absolute atomic E-state index is 0.192. The number of hydrogen-bond donors (Lipinski definition) is 1. The van der Waals surface area contributed by atoms with E-state index in [9.17, 15) is 5.11 Å². The Bertz CT molecular complexity index is 299. The van der Waals surface area contributed by atoms with Crippen LogP contribution in [0.1, 0.15) is 45.4 Å². The van der Waals surface area contributed by atoms with Crippen molar-refractivity contribution in [3.05, 3.63) is 0 Å². The smallest absolute Gasteiger partial charge is 0.168 e. The van der Waals surface area contributed by atoms with Gasteiger partial charge in [-0.1, -0.05) is 0 Å². The third-order valence-corrected chi connectivity index (χ3v) is 4.49. The molecule has 1 spiro atoms. The molecule has 1 saturated carbocycles. The molecule has 2 saturated heterocycles. The van der Waals surface area contributed by atoms with E-state index >= 15 is 0 Å². The number of ether oxygens (including phenoxy) is 2. The molecule has 0 aromatic heterocycles. The van der Waals surface area contributed by atoms with Crippen LogP contribution in [-0.2, 0) is 9.47 Å². The predicted octanol–water partition coefficient (Wildman–Crippen LogP) is 1.52. The number of likely N-dealkylation sites (tertiary alicyclic amines) is 1. The second kappa shape index (κ2) is 4.75. The Morgan fingerprint density at radius 2 is 2.00 bits per heavy atom. The average molecular weight is 255 g/mol. The van der Waals surface area contributed by atoms with Gasteiger partial charge < -0.3 is 14.6 Å². The van der Waals surface area contributed by atoms with Crippen LogP contribution in [0.4, 0.5) is 0 Å². The zero-order valence-electron chi connectivity index (χ0n) is 11.4. The maximum Gasteiger partial charge on any atom is 0.168 e. The summed E-state index contributed by atoms with van der Waals surface area (Å²) in [6.07, 6.45) is 6.75. The topological polar surface area (TPSA) is 41.9 Å². The quantitative estimate of drug-likeness (QED) is 0.812. The second-order valence-electron chi connectivity index (χ2n) is 6.50. The Balaban J connectivity index is 1.52. The van der Waals surface area contributed by atoms with Crippen molar-refractivity contribution in [3.8, 4) is 0 Å². The molecule has 4 nitrogen and oxygen atoms in total. The van der Waals surface area contributed by atoms with Crippen LogP contribution >= 0.6 is 0 Å². The standard InChI is InChI=1S/C14H25NO3/c1-13(16)5-4-8-15(11-13)9-12-10-17-14(18-12)6-2-3-7-14/h12,16H,2-11H2,1H3. The van der Waals surface area contributed by atoms with Crippen molar-refractivity contribution in [2.24, 2.45) is 0 Å². The Labute approximate surface area is 109 Å². The molecule has 3 fully saturated rings. The minimum Gasteiger partial charge on any atom is -0.389 e. The molecule has 4 heteroatoms. The van der Waals surface area contributed by atoms with Gasteiger partial charge in [-0.15, -0.1) is 0 Å². The molecular weight excluding hydrogens is 230 g/mol. The van der Waals surface area contributed by atoms with Crippen LogP contribution in [0.2, 0.25) is 0 Å². The third-order valence-electron chi connectivity index (χ3n) is 4.49. The van der Waals surface area contributed by atoms with Crippen LogP contribution in [0, 0.1) is 0 Å². The Morgan fingerprint density at radius 1 is 1.22 bits per heavy atom. The van der Waals surface area contributed by atoms with Gasteiger partial charge in [0.2, 0.25) is 0 Å². The fourth-order valence-corrected chi connectivity index (χ4v) is 3.65. The van der Waals surface area contributed by atoms with E-state index in [1.54, 1.807) is 0 Å². The summed E-state index contributed by atoms with van der Waals surface area (Å²) in [7, 11) is 0. The lowest BCUT2D eigenvalue weighted by Gasteiger charge is -2.37. The SMILES string of the molecule is CC1(O)CCCN(CC2COC3(CCCC3)O2)C1. The van der Waals surface area contributed by atoms with Crippen LogP contribution in [0.3, 0.4) is 0 Å². The number of β-amino-alcohol motifs (C(OH)–C–C–N with tert-alkyl or cyclic N) is 1. The van der Waals surface area contributed by atoms with Gasteiger partial charge in [0, 0.05) is 25.9 Å². The van der Waals surface area contributed by atoms with Gasteiger partial charge in [-0.25, -0.2) is 0 Å². The number of rotatable bonds is 2. The molecule has 3 rings (SSSR count). The molecule has 2 unspecified atom stereocenters. The summed E-state index contributed by atoms with van der Waals surface area (Å²) in [5.41, 5.74) is -0.525. The summed E-state index contributed by atoms with van der Waals surface area (Å²) >= 11 is 0. The normalized spacial score (nSPS) is 40.7. The monoisotopic (exact) mass is 255 g/mol. The summed E-state index contributed by atoms with van der Waals surface area (Å²) in [5.74, 6) is -0.247. The van der Waals surface area contributed by atoms with Crippen LogP contribution in [0.15, 0.2) is 0 Å². The van der Waals surface area contributed by atoms with Gasteiger partial charge in [0.1, 0.15) is 0 Å². The number of piperidine rings is 1.